The Morgan fingerprint density at radius 2 is 2.42 bits per heavy atom. The lowest BCUT2D eigenvalue weighted by atomic mass is 10.0. The molecule has 1 heterocycles. The van der Waals surface area contributed by atoms with Crippen LogP contribution in [-0.4, -0.2) is 23.6 Å². The standard InChI is InChI=1S/C9H17NOS/c1-4-11-9(5-8(2)3)6-12-7-10-9/h7-8H,4-6H2,1-3H3. The van der Waals surface area contributed by atoms with Gasteiger partial charge < -0.3 is 4.74 Å². The SMILES string of the molecule is CCOC1(CC(C)C)CSC=N1. The second-order valence-electron chi connectivity index (χ2n) is 3.52. The molecule has 12 heavy (non-hydrogen) atoms. The number of nitrogens with zero attached hydrogens (tertiary/aromatic N) is 1. The Balaban J connectivity index is 2.53. The number of thioether (sulfide) groups is 1. The molecule has 0 amide bonds. The fourth-order valence-electron chi connectivity index (χ4n) is 1.49. The van der Waals surface area contributed by atoms with E-state index in [9.17, 15) is 0 Å². The molecule has 0 N–H and O–H groups in total. The molecular weight excluding hydrogens is 170 g/mol. The second-order valence-corrected chi connectivity index (χ2v) is 4.36. The Bertz CT molecular complexity index is 170. The molecular formula is C9H17NOS. The molecule has 0 aromatic carbocycles. The molecule has 0 aliphatic carbocycles. The molecule has 0 saturated carbocycles. The van der Waals surface area contributed by atoms with Gasteiger partial charge in [-0.25, -0.2) is 0 Å². The van der Waals surface area contributed by atoms with Crippen LogP contribution < -0.4 is 0 Å². The molecule has 0 saturated heterocycles. The van der Waals surface area contributed by atoms with E-state index < -0.39 is 0 Å². The molecule has 1 aliphatic heterocycles. The molecule has 0 spiro atoms. The van der Waals surface area contributed by atoms with Gasteiger partial charge in [-0.2, -0.15) is 0 Å². The van der Waals surface area contributed by atoms with Crippen molar-refractivity contribution < 1.29 is 4.74 Å². The molecule has 0 bridgehead atoms. The van der Waals surface area contributed by atoms with Crippen LogP contribution in [-0.2, 0) is 4.74 Å². The van der Waals surface area contributed by atoms with Crippen molar-refractivity contribution in [2.75, 3.05) is 12.4 Å². The van der Waals surface area contributed by atoms with Gasteiger partial charge in [0.05, 0.1) is 5.55 Å². The highest BCUT2D eigenvalue weighted by molar-refractivity contribution is 8.12. The van der Waals surface area contributed by atoms with Crippen molar-refractivity contribution >= 4 is 17.3 Å². The van der Waals surface area contributed by atoms with Crippen molar-refractivity contribution in [2.24, 2.45) is 10.9 Å². The van der Waals surface area contributed by atoms with Crippen molar-refractivity contribution in [2.45, 2.75) is 32.9 Å². The monoisotopic (exact) mass is 187 g/mol. The Kier molecular flexibility index (Phi) is 3.59. The number of hydrogen-bond acceptors (Lipinski definition) is 3. The van der Waals surface area contributed by atoms with E-state index in [-0.39, 0.29) is 5.72 Å². The summed E-state index contributed by atoms with van der Waals surface area (Å²) in [7, 11) is 0. The van der Waals surface area contributed by atoms with E-state index in [1.54, 1.807) is 11.8 Å². The van der Waals surface area contributed by atoms with Gasteiger partial charge >= 0.3 is 0 Å². The largest absolute Gasteiger partial charge is 0.353 e. The highest BCUT2D eigenvalue weighted by Gasteiger charge is 2.33. The zero-order chi connectivity index (χ0) is 9.03. The number of ether oxygens (including phenoxy) is 1. The molecule has 0 radical (unpaired) electrons. The summed E-state index contributed by atoms with van der Waals surface area (Å²) >= 11 is 1.75. The number of aliphatic imine (C=N–C) groups is 1. The first-order chi connectivity index (χ1) is 5.68. The Hall–Kier alpha value is -0.0200. The first kappa shape index (κ1) is 10.1. The first-order valence-corrected chi connectivity index (χ1v) is 5.52. The second kappa shape index (κ2) is 4.28. The van der Waals surface area contributed by atoms with Gasteiger partial charge in [0, 0.05) is 18.8 Å². The van der Waals surface area contributed by atoms with E-state index in [4.69, 9.17) is 4.74 Å². The fraction of sp³-hybridized carbons (Fsp3) is 0.889. The molecule has 0 fully saturated rings. The van der Waals surface area contributed by atoms with E-state index in [1.807, 2.05) is 12.5 Å². The highest BCUT2D eigenvalue weighted by atomic mass is 32.2. The van der Waals surface area contributed by atoms with Crippen molar-refractivity contribution in [1.82, 2.24) is 0 Å². The van der Waals surface area contributed by atoms with Gasteiger partial charge in [0.25, 0.3) is 0 Å². The average Bonchev–Trinajstić information content (AvgIpc) is 2.36. The lowest BCUT2D eigenvalue weighted by Gasteiger charge is -2.26. The summed E-state index contributed by atoms with van der Waals surface area (Å²) in [5.41, 5.74) is 1.71. The van der Waals surface area contributed by atoms with Gasteiger partial charge in [0.1, 0.15) is 0 Å². The van der Waals surface area contributed by atoms with Crippen LogP contribution in [0.25, 0.3) is 0 Å². The van der Waals surface area contributed by atoms with E-state index >= 15 is 0 Å². The van der Waals surface area contributed by atoms with Crippen LogP contribution >= 0.6 is 11.8 Å². The van der Waals surface area contributed by atoms with Crippen LogP contribution in [0, 0.1) is 5.92 Å². The van der Waals surface area contributed by atoms with Gasteiger partial charge in [0.2, 0.25) is 0 Å². The third-order valence-electron chi connectivity index (χ3n) is 1.81. The molecule has 1 rings (SSSR count). The van der Waals surface area contributed by atoms with Crippen molar-refractivity contribution in [3.63, 3.8) is 0 Å². The predicted molar refractivity (Wildman–Crippen MR) is 54.8 cm³/mol. The molecule has 0 aromatic heterocycles. The molecule has 1 unspecified atom stereocenters. The summed E-state index contributed by atoms with van der Waals surface area (Å²) in [4.78, 5) is 4.41. The van der Waals surface area contributed by atoms with Crippen LogP contribution in [0.5, 0.6) is 0 Å². The minimum absolute atomic E-state index is 0.201. The smallest absolute Gasteiger partial charge is 0.169 e. The molecule has 1 atom stereocenters. The van der Waals surface area contributed by atoms with Crippen LogP contribution in [0.3, 0.4) is 0 Å². The van der Waals surface area contributed by atoms with Gasteiger partial charge in [-0.1, -0.05) is 13.8 Å². The van der Waals surface area contributed by atoms with Gasteiger partial charge in [0.15, 0.2) is 5.72 Å². The summed E-state index contributed by atoms with van der Waals surface area (Å²) in [6.07, 6.45) is 1.03. The number of rotatable bonds is 4. The van der Waals surface area contributed by atoms with Crippen molar-refractivity contribution in [3.8, 4) is 0 Å². The normalized spacial score (nSPS) is 28.7. The Morgan fingerprint density at radius 3 is 2.83 bits per heavy atom. The van der Waals surface area contributed by atoms with E-state index in [0.29, 0.717) is 5.92 Å². The van der Waals surface area contributed by atoms with Crippen LogP contribution in [0.15, 0.2) is 4.99 Å². The fourth-order valence-corrected chi connectivity index (χ4v) is 2.37. The summed E-state index contributed by atoms with van der Waals surface area (Å²) in [6.45, 7) is 7.20. The van der Waals surface area contributed by atoms with E-state index in [1.165, 1.54) is 0 Å². The maximum atomic E-state index is 5.68. The first-order valence-electron chi connectivity index (χ1n) is 4.48. The number of hydrogen-bond donors (Lipinski definition) is 0. The van der Waals surface area contributed by atoms with Crippen molar-refractivity contribution in [1.29, 1.82) is 0 Å². The maximum Gasteiger partial charge on any atom is 0.169 e. The zero-order valence-corrected chi connectivity index (χ0v) is 8.86. The summed E-state index contributed by atoms with van der Waals surface area (Å²) in [5, 5.41) is 0. The minimum atomic E-state index is -0.201. The molecule has 1 aliphatic rings. The van der Waals surface area contributed by atoms with E-state index in [2.05, 4.69) is 18.8 Å². The third kappa shape index (κ3) is 2.49. The van der Waals surface area contributed by atoms with Crippen LogP contribution in [0.1, 0.15) is 27.2 Å². The summed E-state index contributed by atoms with van der Waals surface area (Å²) < 4.78 is 5.68. The highest BCUT2D eigenvalue weighted by Crippen LogP contribution is 2.31. The zero-order valence-electron chi connectivity index (χ0n) is 8.04. The van der Waals surface area contributed by atoms with Crippen LogP contribution in [0.2, 0.25) is 0 Å². The van der Waals surface area contributed by atoms with Gasteiger partial charge in [-0.3, -0.25) is 4.99 Å². The molecule has 2 nitrogen and oxygen atoms in total. The predicted octanol–water partition coefficient (Wildman–Crippen LogP) is 2.54. The minimum Gasteiger partial charge on any atom is -0.353 e. The summed E-state index contributed by atoms with van der Waals surface area (Å²) in [5.74, 6) is 1.63. The quantitative estimate of drug-likeness (QED) is 0.674. The maximum absolute atomic E-state index is 5.68. The van der Waals surface area contributed by atoms with Gasteiger partial charge in [-0.05, 0) is 12.8 Å². The average molecular weight is 187 g/mol. The lowest BCUT2D eigenvalue weighted by Crippen LogP contribution is -2.32. The molecule has 70 valence electrons. The van der Waals surface area contributed by atoms with Crippen LogP contribution in [0.4, 0.5) is 0 Å². The van der Waals surface area contributed by atoms with Crippen molar-refractivity contribution in [3.05, 3.63) is 0 Å². The third-order valence-corrected chi connectivity index (χ3v) is 2.68. The van der Waals surface area contributed by atoms with E-state index in [0.717, 1.165) is 18.8 Å². The topological polar surface area (TPSA) is 21.6 Å². The summed E-state index contributed by atoms with van der Waals surface area (Å²) in [6, 6.07) is 0. The Morgan fingerprint density at radius 1 is 1.67 bits per heavy atom. The van der Waals surface area contributed by atoms with Gasteiger partial charge in [-0.15, -0.1) is 11.8 Å². The molecule has 3 heteroatoms. The Labute approximate surface area is 78.8 Å². The lowest BCUT2D eigenvalue weighted by molar-refractivity contribution is -0.0259. The molecule has 0 aromatic rings.